The average molecular weight is 484 g/mol. The predicted molar refractivity (Wildman–Crippen MR) is 129 cm³/mol. The molecule has 172 valence electrons. The third kappa shape index (κ3) is 4.90. The normalized spacial score (nSPS) is 19.0. The zero-order chi connectivity index (χ0) is 22.8. The van der Waals surface area contributed by atoms with Crippen LogP contribution < -0.4 is 4.90 Å². The molecular weight excluding hydrogens is 458 g/mol. The Labute approximate surface area is 199 Å². The number of thiophene rings is 1. The van der Waals surface area contributed by atoms with E-state index < -0.39 is 11.0 Å². The summed E-state index contributed by atoms with van der Waals surface area (Å²) in [5, 5.41) is 9.05. The Kier molecular flexibility index (Phi) is 6.62. The standard InChI is InChI=1S/C22H25N7O2S2/c1-33(30)29-6-4-27(5-7-29)15-18-12-19-20(32-18)22(28-8-10-31-11-9-28)26-21(25-19)16-2-3-17(13-23)24-14-16/h2-3,12,14H,4-11,15H2,1H3. The monoisotopic (exact) mass is 483 g/mol. The van der Waals surface area contributed by atoms with E-state index >= 15 is 0 Å². The van der Waals surface area contributed by atoms with Crippen LogP contribution in [0.2, 0.25) is 0 Å². The largest absolute Gasteiger partial charge is 0.378 e. The van der Waals surface area contributed by atoms with Gasteiger partial charge in [0.2, 0.25) is 0 Å². The first-order valence-corrected chi connectivity index (χ1v) is 13.2. The maximum atomic E-state index is 11.7. The van der Waals surface area contributed by atoms with Crippen LogP contribution >= 0.6 is 11.3 Å². The molecule has 2 aliphatic rings. The summed E-state index contributed by atoms with van der Waals surface area (Å²) in [5.74, 6) is 1.55. The Morgan fingerprint density at radius 3 is 2.61 bits per heavy atom. The molecule has 33 heavy (non-hydrogen) atoms. The van der Waals surface area contributed by atoms with E-state index in [9.17, 15) is 4.21 Å². The number of rotatable bonds is 5. The highest BCUT2D eigenvalue weighted by atomic mass is 32.2. The summed E-state index contributed by atoms with van der Waals surface area (Å²) in [5.41, 5.74) is 2.10. The quantitative estimate of drug-likeness (QED) is 0.543. The van der Waals surface area contributed by atoms with Crippen LogP contribution in [-0.2, 0) is 22.3 Å². The van der Waals surface area contributed by atoms with Crippen LogP contribution in [0.25, 0.3) is 21.6 Å². The van der Waals surface area contributed by atoms with E-state index in [4.69, 9.17) is 20.0 Å². The minimum absolute atomic E-state index is 0.373. The summed E-state index contributed by atoms with van der Waals surface area (Å²) in [4.78, 5) is 19.9. The van der Waals surface area contributed by atoms with Gasteiger partial charge >= 0.3 is 0 Å². The maximum Gasteiger partial charge on any atom is 0.163 e. The van der Waals surface area contributed by atoms with Gasteiger partial charge in [-0.1, -0.05) is 0 Å². The first-order chi connectivity index (χ1) is 16.1. The SMILES string of the molecule is CS(=O)N1CCN(Cc2cc3nc(-c4ccc(C#N)nc4)nc(N4CCOCC4)c3s2)CC1. The van der Waals surface area contributed by atoms with E-state index in [1.54, 1.807) is 29.9 Å². The topological polar surface area (TPSA) is 98.5 Å². The summed E-state index contributed by atoms with van der Waals surface area (Å²) < 4.78 is 20.4. The number of nitriles is 1. The molecule has 3 aromatic rings. The first-order valence-electron chi connectivity index (χ1n) is 10.9. The number of fused-ring (bicyclic) bond motifs is 1. The molecule has 0 saturated carbocycles. The molecule has 9 nitrogen and oxygen atoms in total. The van der Waals surface area contributed by atoms with Crippen molar-refractivity contribution in [3.05, 3.63) is 35.0 Å². The van der Waals surface area contributed by atoms with Crippen LogP contribution in [0.15, 0.2) is 24.4 Å². The van der Waals surface area contributed by atoms with E-state index in [0.29, 0.717) is 24.7 Å². The first kappa shape index (κ1) is 22.3. The molecule has 2 saturated heterocycles. The molecule has 1 atom stereocenters. The Bertz CT molecular complexity index is 1190. The van der Waals surface area contributed by atoms with Gasteiger partial charge in [0.25, 0.3) is 0 Å². The molecule has 3 aromatic heterocycles. The van der Waals surface area contributed by atoms with Gasteiger partial charge in [0.15, 0.2) is 11.6 Å². The van der Waals surface area contributed by atoms with Crippen molar-refractivity contribution in [3.63, 3.8) is 0 Å². The summed E-state index contributed by atoms with van der Waals surface area (Å²) in [6.45, 7) is 7.24. The van der Waals surface area contributed by atoms with E-state index in [1.807, 2.05) is 10.4 Å². The van der Waals surface area contributed by atoms with Crippen molar-refractivity contribution < 1.29 is 8.95 Å². The minimum atomic E-state index is -0.903. The molecule has 0 radical (unpaired) electrons. The van der Waals surface area contributed by atoms with Gasteiger partial charge in [0.05, 0.1) is 34.4 Å². The van der Waals surface area contributed by atoms with E-state index in [0.717, 1.165) is 67.4 Å². The molecule has 0 aliphatic carbocycles. The molecule has 0 spiro atoms. The highest BCUT2D eigenvalue weighted by Crippen LogP contribution is 2.35. The fourth-order valence-electron chi connectivity index (χ4n) is 4.12. The van der Waals surface area contributed by atoms with Crippen molar-refractivity contribution in [2.24, 2.45) is 0 Å². The summed E-state index contributed by atoms with van der Waals surface area (Å²) in [6, 6.07) is 7.76. The fourth-order valence-corrected chi connectivity index (χ4v) is 5.95. The molecule has 5 heterocycles. The molecule has 1 unspecified atom stereocenters. The molecule has 2 fully saturated rings. The Hall–Kier alpha value is -2.49. The number of piperazine rings is 1. The smallest absolute Gasteiger partial charge is 0.163 e. The third-order valence-electron chi connectivity index (χ3n) is 5.93. The Balaban J connectivity index is 1.46. The van der Waals surface area contributed by atoms with Gasteiger partial charge < -0.3 is 9.64 Å². The lowest BCUT2D eigenvalue weighted by Gasteiger charge is -2.32. The molecule has 0 N–H and O–H groups in total. The van der Waals surface area contributed by atoms with Crippen LogP contribution in [-0.4, -0.2) is 87.1 Å². The van der Waals surface area contributed by atoms with Crippen molar-refractivity contribution in [1.29, 1.82) is 5.26 Å². The van der Waals surface area contributed by atoms with Crippen LogP contribution in [0.1, 0.15) is 10.6 Å². The van der Waals surface area contributed by atoms with Gasteiger partial charge in [-0.25, -0.2) is 23.5 Å². The lowest BCUT2D eigenvalue weighted by Crippen LogP contribution is -2.46. The lowest BCUT2D eigenvalue weighted by molar-refractivity contribution is 0.122. The number of morpholine rings is 1. The predicted octanol–water partition coefficient (Wildman–Crippen LogP) is 1.87. The van der Waals surface area contributed by atoms with E-state index in [2.05, 4.69) is 26.9 Å². The zero-order valence-corrected chi connectivity index (χ0v) is 20.1. The number of aromatic nitrogens is 3. The second kappa shape index (κ2) is 9.79. The number of anilines is 1. The summed E-state index contributed by atoms with van der Waals surface area (Å²) in [6.07, 6.45) is 3.40. The summed E-state index contributed by atoms with van der Waals surface area (Å²) in [7, 11) is -0.903. The molecule has 5 rings (SSSR count). The Morgan fingerprint density at radius 1 is 1.15 bits per heavy atom. The molecular formula is C22H25N7O2S2. The van der Waals surface area contributed by atoms with Gasteiger partial charge in [0, 0.05) is 68.7 Å². The highest BCUT2D eigenvalue weighted by Gasteiger charge is 2.23. The maximum absolute atomic E-state index is 11.7. The fraction of sp³-hybridized carbons (Fsp3) is 0.455. The number of pyridine rings is 1. The van der Waals surface area contributed by atoms with Crippen molar-refractivity contribution in [2.75, 3.05) is 63.6 Å². The molecule has 0 bridgehead atoms. The lowest BCUT2D eigenvalue weighted by atomic mass is 10.2. The number of hydrogen-bond acceptors (Lipinski definition) is 9. The molecule has 0 amide bonds. The van der Waals surface area contributed by atoms with Gasteiger partial charge in [-0.05, 0) is 18.2 Å². The second-order valence-corrected chi connectivity index (χ2v) is 10.6. The number of ether oxygens (including phenoxy) is 1. The van der Waals surface area contributed by atoms with Crippen LogP contribution in [0.3, 0.4) is 0 Å². The van der Waals surface area contributed by atoms with Crippen LogP contribution in [0.4, 0.5) is 5.82 Å². The van der Waals surface area contributed by atoms with Crippen molar-refractivity contribution in [1.82, 2.24) is 24.2 Å². The Morgan fingerprint density at radius 2 is 1.94 bits per heavy atom. The highest BCUT2D eigenvalue weighted by molar-refractivity contribution is 7.81. The zero-order valence-electron chi connectivity index (χ0n) is 18.4. The number of hydrogen-bond donors (Lipinski definition) is 0. The number of nitrogens with zero attached hydrogens (tertiary/aromatic N) is 7. The van der Waals surface area contributed by atoms with Crippen molar-refractivity contribution >= 4 is 38.4 Å². The minimum Gasteiger partial charge on any atom is -0.378 e. The molecule has 2 aliphatic heterocycles. The summed E-state index contributed by atoms with van der Waals surface area (Å²) >= 11 is 1.75. The van der Waals surface area contributed by atoms with Gasteiger partial charge in [0.1, 0.15) is 11.8 Å². The van der Waals surface area contributed by atoms with Crippen molar-refractivity contribution in [3.8, 4) is 17.5 Å². The molecule has 0 aromatic carbocycles. The molecule has 11 heteroatoms. The van der Waals surface area contributed by atoms with Crippen molar-refractivity contribution in [2.45, 2.75) is 6.54 Å². The second-order valence-electron chi connectivity index (χ2n) is 8.07. The van der Waals surface area contributed by atoms with Crippen LogP contribution in [0, 0.1) is 11.3 Å². The van der Waals surface area contributed by atoms with Crippen LogP contribution in [0.5, 0.6) is 0 Å². The van der Waals surface area contributed by atoms with Gasteiger partial charge in [-0.3, -0.25) is 4.90 Å². The van der Waals surface area contributed by atoms with E-state index in [-0.39, 0.29) is 0 Å². The third-order valence-corrected chi connectivity index (χ3v) is 8.12. The average Bonchev–Trinajstić information content (AvgIpc) is 3.26. The van der Waals surface area contributed by atoms with Gasteiger partial charge in [-0.15, -0.1) is 11.3 Å². The van der Waals surface area contributed by atoms with Gasteiger partial charge in [-0.2, -0.15) is 5.26 Å². The van der Waals surface area contributed by atoms with E-state index in [1.165, 1.54) is 4.88 Å².